The Morgan fingerprint density at radius 3 is 2.65 bits per heavy atom. The number of para-hydroxylation sites is 2. The van der Waals surface area contributed by atoms with Crippen LogP contribution in [0.1, 0.15) is 50.8 Å². The zero-order valence-corrected chi connectivity index (χ0v) is 16.1. The number of fused-ring (bicyclic) bond motifs is 1. The third kappa shape index (κ3) is 3.39. The first-order chi connectivity index (χ1) is 12.6. The predicted molar refractivity (Wildman–Crippen MR) is 107 cm³/mol. The van der Waals surface area contributed by atoms with Crippen LogP contribution in [0, 0.1) is 13.8 Å². The average molecular weight is 352 g/mol. The summed E-state index contributed by atoms with van der Waals surface area (Å²) >= 11 is 0. The molecule has 0 spiro atoms. The first-order valence-corrected chi connectivity index (χ1v) is 9.51. The highest BCUT2D eigenvalue weighted by atomic mass is 16.1. The number of aromatic nitrogens is 3. The number of hydrogen-bond donors (Lipinski definition) is 2. The standard InChI is InChI=1S/C21H28N4O/c1-5-7-13-25-15(4)14(3)19(21(25)24-18(26)10-6-2)20-22-16-11-8-9-12-17(16)23-20/h8-9,11-12H,5-7,10,13H2,1-4H3,(H,22,23)(H,24,26). The van der Waals surface area contributed by atoms with Gasteiger partial charge in [0.1, 0.15) is 11.6 Å². The molecule has 1 amide bonds. The number of imidazole rings is 1. The number of rotatable bonds is 7. The van der Waals surface area contributed by atoms with Gasteiger partial charge < -0.3 is 14.9 Å². The Balaban J connectivity index is 2.14. The quantitative estimate of drug-likeness (QED) is 0.615. The highest BCUT2D eigenvalue weighted by Crippen LogP contribution is 2.36. The number of amides is 1. The van der Waals surface area contributed by atoms with E-state index < -0.39 is 0 Å². The third-order valence-electron chi connectivity index (χ3n) is 4.93. The minimum Gasteiger partial charge on any atom is -0.338 e. The van der Waals surface area contributed by atoms with E-state index in [1.807, 2.05) is 31.2 Å². The molecule has 0 aliphatic carbocycles. The van der Waals surface area contributed by atoms with Crippen molar-refractivity contribution in [2.45, 2.75) is 59.9 Å². The lowest BCUT2D eigenvalue weighted by molar-refractivity contribution is -0.116. The van der Waals surface area contributed by atoms with Crippen LogP contribution in [0.25, 0.3) is 22.4 Å². The number of carbonyl (C=O) groups excluding carboxylic acids is 1. The van der Waals surface area contributed by atoms with Crippen LogP contribution in [0.5, 0.6) is 0 Å². The Morgan fingerprint density at radius 2 is 1.96 bits per heavy atom. The smallest absolute Gasteiger partial charge is 0.225 e. The van der Waals surface area contributed by atoms with Crippen molar-refractivity contribution in [2.24, 2.45) is 0 Å². The molecule has 2 heterocycles. The van der Waals surface area contributed by atoms with Crippen LogP contribution < -0.4 is 5.32 Å². The van der Waals surface area contributed by atoms with Gasteiger partial charge in [-0.25, -0.2) is 4.98 Å². The normalized spacial score (nSPS) is 11.2. The summed E-state index contributed by atoms with van der Waals surface area (Å²) in [7, 11) is 0. The summed E-state index contributed by atoms with van der Waals surface area (Å²) in [6, 6.07) is 8.01. The molecule has 138 valence electrons. The van der Waals surface area contributed by atoms with Crippen LogP contribution in [0.4, 0.5) is 5.82 Å². The maximum Gasteiger partial charge on any atom is 0.225 e. The Hall–Kier alpha value is -2.56. The highest BCUT2D eigenvalue weighted by molar-refractivity contribution is 5.95. The van der Waals surface area contributed by atoms with E-state index in [2.05, 4.69) is 35.6 Å². The summed E-state index contributed by atoms with van der Waals surface area (Å²) in [5.41, 5.74) is 5.28. The van der Waals surface area contributed by atoms with Gasteiger partial charge in [0.15, 0.2) is 0 Å². The number of H-pyrrole nitrogens is 1. The zero-order chi connectivity index (χ0) is 18.7. The molecule has 0 unspecified atom stereocenters. The molecule has 26 heavy (non-hydrogen) atoms. The van der Waals surface area contributed by atoms with E-state index in [0.717, 1.165) is 59.6 Å². The molecule has 0 bridgehead atoms. The first kappa shape index (κ1) is 18.2. The van der Waals surface area contributed by atoms with Gasteiger partial charge >= 0.3 is 0 Å². The van der Waals surface area contributed by atoms with E-state index in [0.29, 0.717) is 6.42 Å². The zero-order valence-electron chi connectivity index (χ0n) is 16.1. The number of aromatic amines is 1. The van der Waals surface area contributed by atoms with Crippen LogP contribution in [-0.4, -0.2) is 20.4 Å². The van der Waals surface area contributed by atoms with E-state index >= 15 is 0 Å². The van der Waals surface area contributed by atoms with Crippen molar-refractivity contribution in [3.05, 3.63) is 35.5 Å². The van der Waals surface area contributed by atoms with E-state index in [9.17, 15) is 4.79 Å². The molecule has 3 rings (SSSR count). The lowest BCUT2D eigenvalue weighted by Crippen LogP contribution is -2.16. The van der Waals surface area contributed by atoms with Crippen molar-refractivity contribution < 1.29 is 4.79 Å². The Kier molecular flexibility index (Phi) is 5.45. The van der Waals surface area contributed by atoms with Crippen molar-refractivity contribution in [1.29, 1.82) is 0 Å². The number of nitrogens with one attached hydrogen (secondary N) is 2. The summed E-state index contributed by atoms with van der Waals surface area (Å²) in [6.45, 7) is 9.32. The van der Waals surface area contributed by atoms with Crippen LogP contribution in [0.15, 0.2) is 24.3 Å². The van der Waals surface area contributed by atoms with Crippen molar-refractivity contribution in [2.75, 3.05) is 5.32 Å². The molecule has 2 aromatic heterocycles. The van der Waals surface area contributed by atoms with Crippen LogP contribution in [0.2, 0.25) is 0 Å². The molecule has 5 heteroatoms. The number of carbonyl (C=O) groups is 1. The monoisotopic (exact) mass is 352 g/mol. The van der Waals surface area contributed by atoms with Gasteiger partial charge in [0.2, 0.25) is 5.91 Å². The van der Waals surface area contributed by atoms with Gasteiger partial charge in [-0.3, -0.25) is 4.79 Å². The largest absolute Gasteiger partial charge is 0.338 e. The fraction of sp³-hybridized carbons (Fsp3) is 0.429. The topological polar surface area (TPSA) is 62.7 Å². The molecule has 5 nitrogen and oxygen atoms in total. The molecule has 3 aromatic rings. The number of hydrogen-bond acceptors (Lipinski definition) is 2. The molecule has 0 aliphatic heterocycles. The van der Waals surface area contributed by atoms with Crippen molar-refractivity contribution in [3.8, 4) is 11.4 Å². The molecule has 0 saturated carbocycles. The summed E-state index contributed by atoms with van der Waals surface area (Å²) in [4.78, 5) is 20.6. The molecule has 0 aliphatic rings. The highest BCUT2D eigenvalue weighted by Gasteiger charge is 2.22. The fourth-order valence-corrected chi connectivity index (χ4v) is 3.37. The van der Waals surface area contributed by atoms with Gasteiger partial charge in [0, 0.05) is 18.7 Å². The van der Waals surface area contributed by atoms with Crippen LogP contribution in [0.3, 0.4) is 0 Å². The Bertz CT molecular complexity index is 887. The van der Waals surface area contributed by atoms with Gasteiger partial charge in [0.05, 0.1) is 16.6 Å². The van der Waals surface area contributed by atoms with Crippen molar-refractivity contribution in [1.82, 2.24) is 14.5 Å². The molecule has 0 saturated heterocycles. The maximum atomic E-state index is 12.4. The second-order valence-electron chi connectivity index (χ2n) is 6.84. The molecule has 0 atom stereocenters. The van der Waals surface area contributed by atoms with E-state index in [1.165, 1.54) is 5.69 Å². The molecule has 0 radical (unpaired) electrons. The molecule has 2 N–H and O–H groups in total. The minimum absolute atomic E-state index is 0.0557. The summed E-state index contributed by atoms with van der Waals surface area (Å²) in [6.07, 6.45) is 3.54. The number of benzene rings is 1. The van der Waals surface area contributed by atoms with Crippen LogP contribution in [-0.2, 0) is 11.3 Å². The Morgan fingerprint density at radius 1 is 1.19 bits per heavy atom. The van der Waals surface area contributed by atoms with Gasteiger partial charge in [-0.1, -0.05) is 32.4 Å². The van der Waals surface area contributed by atoms with Crippen LogP contribution >= 0.6 is 0 Å². The Labute approximate surface area is 154 Å². The van der Waals surface area contributed by atoms with Gasteiger partial charge in [-0.05, 0) is 44.4 Å². The molecule has 1 aromatic carbocycles. The third-order valence-corrected chi connectivity index (χ3v) is 4.93. The van der Waals surface area contributed by atoms with E-state index in [4.69, 9.17) is 4.98 Å². The van der Waals surface area contributed by atoms with E-state index in [1.54, 1.807) is 0 Å². The number of nitrogens with zero attached hydrogens (tertiary/aromatic N) is 2. The lowest BCUT2D eigenvalue weighted by atomic mass is 10.1. The summed E-state index contributed by atoms with van der Waals surface area (Å²) in [5.74, 6) is 1.74. The van der Waals surface area contributed by atoms with Crippen molar-refractivity contribution >= 4 is 22.8 Å². The SMILES string of the molecule is CCCCn1c(C)c(C)c(-c2nc3ccccc3[nH]2)c1NC(=O)CCC. The summed E-state index contributed by atoms with van der Waals surface area (Å²) in [5, 5.41) is 3.16. The van der Waals surface area contributed by atoms with E-state index in [-0.39, 0.29) is 5.91 Å². The van der Waals surface area contributed by atoms with Gasteiger partial charge in [-0.2, -0.15) is 0 Å². The predicted octanol–water partition coefficient (Wildman–Crippen LogP) is 5.19. The fourth-order valence-electron chi connectivity index (χ4n) is 3.37. The molecular weight excluding hydrogens is 324 g/mol. The van der Waals surface area contributed by atoms with Gasteiger partial charge in [-0.15, -0.1) is 0 Å². The maximum absolute atomic E-state index is 12.4. The summed E-state index contributed by atoms with van der Waals surface area (Å²) < 4.78 is 2.23. The molecule has 0 fully saturated rings. The second-order valence-corrected chi connectivity index (χ2v) is 6.84. The second kappa shape index (κ2) is 7.77. The number of anilines is 1. The van der Waals surface area contributed by atoms with Crippen molar-refractivity contribution in [3.63, 3.8) is 0 Å². The average Bonchev–Trinajstić information content (AvgIpc) is 3.13. The lowest BCUT2D eigenvalue weighted by Gasteiger charge is -2.13. The molecular formula is C21H28N4O. The van der Waals surface area contributed by atoms with Gasteiger partial charge in [0.25, 0.3) is 0 Å². The number of unbranched alkanes of at least 4 members (excludes halogenated alkanes) is 1. The minimum atomic E-state index is 0.0557. The first-order valence-electron chi connectivity index (χ1n) is 9.51.